The van der Waals surface area contributed by atoms with Crippen LogP contribution >= 0.6 is 11.8 Å². The summed E-state index contributed by atoms with van der Waals surface area (Å²) in [4.78, 5) is 4.24. The van der Waals surface area contributed by atoms with Gasteiger partial charge in [0.25, 0.3) is 0 Å². The fourth-order valence-corrected chi connectivity index (χ4v) is 4.01. The summed E-state index contributed by atoms with van der Waals surface area (Å²) in [7, 11) is 0. The highest BCUT2D eigenvalue weighted by Crippen LogP contribution is 2.39. The summed E-state index contributed by atoms with van der Waals surface area (Å²) in [6.45, 7) is 0.908. The molecule has 3 rings (SSSR count). The topological polar surface area (TPSA) is 50.9 Å². The third kappa shape index (κ3) is 3.72. The second kappa shape index (κ2) is 6.27. The number of hydrogen-bond acceptors (Lipinski definition) is 4. The molecule has 2 aliphatic rings. The lowest BCUT2D eigenvalue weighted by Gasteiger charge is -2.20. The van der Waals surface area contributed by atoms with E-state index in [1.165, 1.54) is 32.1 Å². The van der Waals surface area contributed by atoms with Gasteiger partial charge in [-0.3, -0.25) is 4.68 Å². The van der Waals surface area contributed by atoms with Gasteiger partial charge in [0.05, 0.1) is 6.54 Å². The number of thioether (sulfide) groups is 1. The maximum Gasteiger partial charge on any atom is 0.179 e. The van der Waals surface area contributed by atoms with Gasteiger partial charge in [-0.05, 0) is 31.6 Å². The van der Waals surface area contributed by atoms with E-state index in [2.05, 4.69) is 21.8 Å². The van der Waals surface area contributed by atoms with Crippen LogP contribution < -0.4 is 0 Å². The third-order valence-corrected chi connectivity index (χ3v) is 5.47. The molecule has 1 aromatic heterocycles. The van der Waals surface area contributed by atoms with Crippen molar-refractivity contribution in [1.82, 2.24) is 14.8 Å². The minimum Gasteiger partial charge on any atom is -0.385 e. The molecule has 0 saturated heterocycles. The Bertz CT molecular complexity index is 399. The molecule has 0 bridgehead atoms. The van der Waals surface area contributed by atoms with Gasteiger partial charge in [0.1, 0.15) is 12.4 Å². The molecule has 4 nitrogen and oxygen atoms in total. The van der Waals surface area contributed by atoms with Crippen molar-refractivity contribution in [3.8, 4) is 0 Å². The van der Waals surface area contributed by atoms with Crippen LogP contribution in [0.1, 0.15) is 56.9 Å². The van der Waals surface area contributed by atoms with E-state index in [1.54, 1.807) is 6.33 Å². The zero-order valence-electron chi connectivity index (χ0n) is 11.4. The fraction of sp³-hybridized carbons (Fsp3) is 0.857. The highest BCUT2D eigenvalue weighted by Gasteiger charge is 2.33. The molecule has 0 aromatic carbocycles. The van der Waals surface area contributed by atoms with Gasteiger partial charge in [-0.25, -0.2) is 4.98 Å². The highest BCUT2D eigenvalue weighted by molar-refractivity contribution is 7.99. The molecule has 106 valence electrons. The van der Waals surface area contributed by atoms with E-state index in [-0.39, 0.29) is 0 Å². The van der Waals surface area contributed by atoms with Crippen LogP contribution in [-0.4, -0.2) is 30.9 Å². The van der Waals surface area contributed by atoms with Gasteiger partial charge < -0.3 is 5.11 Å². The minimum atomic E-state index is -0.438. The lowest BCUT2D eigenvalue weighted by molar-refractivity contribution is 0.144. The number of aliphatic hydroxyl groups excluding tert-OH is 1. The second-order valence-electron chi connectivity index (χ2n) is 5.78. The molecule has 2 saturated carbocycles. The molecule has 0 radical (unpaired) electrons. The number of aliphatic hydroxyl groups is 1. The number of hydrogen-bond donors (Lipinski definition) is 1. The van der Waals surface area contributed by atoms with Crippen LogP contribution in [0.3, 0.4) is 0 Å². The first-order valence-electron chi connectivity index (χ1n) is 7.52. The number of aryl methyl sites for hydroxylation is 1. The molecule has 5 heteroatoms. The maximum atomic E-state index is 9.96. The highest BCUT2D eigenvalue weighted by atomic mass is 32.2. The van der Waals surface area contributed by atoms with E-state index in [4.69, 9.17) is 0 Å². The molecular formula is C14H23N3OS. The molecule has 0 aliphatic heterocycles. The predicted molar refractivity (Wildman–Crippen MR) is 77.0 cm³/mol. The van der Waals surface area contributed by atoms with Gasteiger partial charge in [0.15, 0.2) is 5.82 Å². The zero-order valence-corrected chi connectivity index (χ0v) is 12.2. The molecule has 1 heterocycles. The van der Waals surface area contributed by atoms with E-state index in [1.807, 2.05) is 4.68 Å². The van der Waals surface area contributed by atoms with Gasteiger partial charge in [-0.1, -0.05) is 19.3 Å². The lowest BCUT2D eigenvalue weighted by atomic mass is 10.0. The summed E-state index contributed by atoms with van der Waals surface area (Å²) in [6, 6.07) is 0. The monoisotopic (exact) mass is 281 g/mol. The van der Waals surface area contributed by atoms with E-state index < -0.39 is 6.10 Å². The van der Waals surface area contributed by atoms with Crippen LogP contribution in [0.15, 0.2) is 6.33 Å². The molecule has 1 N–H and O–H groups in total. The van der Waals surface area contributed by atoms with Gasteiger partial charge >= 0.3 is 0 Å². The first-order chi connectivity index (χ1) is 9.33. The first kappa shape index (κ1) is 13.4. The van der Waals surface area contributed by atoms with Gasteiger partial charge in [0.2, 0.25) is 0 Å². The molecule has 2 fully saturated rings. The van der Waals surface area contributed by atoms with Gasteiger partial charge in [-0.15, -0.1) is 0 Å². The summed E-state index contributed by atoms with van der Waals surface area (Å²) in [6.07, 6.45) is 10.6. The van der Waals surface area contributed by atoms with E-state index in [0.29, 0.717) is 11.7 Å². The largest absolute Gasteiger partial charge is 0.385 e. The van der Waals surface area contributed by atoms with Crippen molar-refractivity contribution in [2.24, 2.45) is 5.92 Å². The van der Waals surface area contributed by atoms with Crippen molar-refractivity contribution in [1.29, 1.82) is 0 Å². The quantitative estimate of drug-likeness (QED) is 0.871. The van der Waals surface area contributed by atoms with Crippen LogP contribution in [0.4, 0.5) is 0 Å². The molecule has 0 amide bonds. The Kier molecular flexibility index (Phi) is 4.43. The summed E-state index contributed by atoms with van der Waals surface area (Å²) < 4.78 is 1.89. The molecule has 1 atom stereocenters. The average molecular weight is 281 g/mol. The average Bonchev–Trinajstić information content (AvgIpc) is 3.19. The van der Waals surface area contributed by atoms with Crippen molar-refractivity contribution in [2.45, 2.75) is 62.8 Å². The van der Waals surface area contributed by atoms with Crippen LogP contribution in [0, 0.1) is 5.92 Å². The Morgan fingerprint density at radius 2 is 2.05 bits per heavy atom. The summed E-state index contributed by atoms with van der Waals surface area (Å²) in [5.74, 6) is 2.13. The van der Waals surface area contributed by atoms with Crippen LogP contribution in [0.25, 0.3) is 0 Å². The number of nitrogens with zero attached hydrogens (tertiary/aromatic N) is 3. The van der Waals surface area contributed by atoms with Crippen molar-refractivity contribution in [3.05, 3.63) is 12.2 Å². The van der Waals surface area contributed by atoms with Crippen LogP contribution in [0.2, 0.25) is 0 Å². The Morgan fingerprint density at radius 1 is 1.26 bits per heavy atom. The third-order valence-electron chi connectivity index (χ3n) is 4.11. The molecule has 0 spiro atoms. The Hall–Kier alpha value is -0.550. The Balaban J connectivity index is 1.42. The molecule has 1 aromatic rings. The maximum absolute atomic E-state index is 9.96. The zero-order chi connectivity index (χ0) is 13.1. The molecule has 19 heavy (non-hydrogen) atoms. The standard InChI is InChI=1S/C14H23N3OS/c18-13(11-6-7-11)14-15-10-17(16-14)8-9-19-12-4-2-1-3-5-12/h10-13,18H,1-9H2. The summed E-state index contributed by atoms with van der Waals surface area (Å²) in [5.41, 5.74) is 0. The second-order valence-corrected chi connectivity index (χ2v) is 7.19. The normalized spacial score (nSPS) is 22.6. The van der Waals surface area contributed by atoms with E-state index in [9.17, 15) is 5.11 Å². The van der Waals surface area contributed by atoms with Crippen molar-refractivity contribution in [3.63, 3.8) is 0 Å². The Labute approximate surface area is 119 Å². The molecule has 1 unspecified atom stereocenters. The predicted octanol–water partition coefficient (Wildman–Crippen LogP) is 2.79. The smallest absolute Gasteiger partial charge is 0.179 e. The van der Waals surface area contributed by atoms with E-state index in [0.717, 1.165) is 30.4 Å². The van der Waals surface area contributed by atoms with Crippen molar-refractivity contribution in [2.75, 3.05) is 5.75 Å². The number of aromatic nitrogens is 3. The summed E-state index contributed by atoms with van der Waals surface area (Å²) in [5, 5.41) is 15.2. The minimum absolute atomic E-state index is 0.410. The Morgan fingerprint density at radius 3 is 2.79 bits per heavy atom. The van der Waals surface area contributed by atoms with E-state index >= 15 is 0 Å². The van der Waals surface area contributed by atoms with Crippen LogP contribution in [0.5, 0.6) is 0 Å². The fourth-order valence-electron chi connectivity index (χ4n) is 2.72. The van der Waals surface area contributed by atoms with Crippen LogP contribution in [-0.2, 0) is 6.54 Å². The first-order valence-corrected chi connectivity index (χ1v) is 8.57. The number of rotatable bonds is 6. The van der Waals surface area contributed by atoms with Crippen molar-refractivity contribution < 1.29 is 5.11 Å². The van der Waals surface area contributed by atoms with Gasteiger partial charge in [-0.2, -0.15) is 16.9 Å². The van der Waals surface area contributed by atoms with Crippen molar-refractivity contribution >= 4 is 11.8 Å². The lowest BCUT2D eigenvalue weighted by Crippen LogP contribution is -2.11. The molecule has 2 aliphatic carbocycles. The molecular weight excluding hydrogens is 258 g/mol. The van der Waals surface area contributed by atoms with Gasteiger partial charge in [0, 0.05) is 11.0 Å². The SMILES string of the molecule is OC(c1ncn(CCSC2CCCCC2)n1)C1CC1. The summed E-state index contributed by atoms with van der Waals surface area (Å²) >= 11 is 2.08.